The summed E-state index contributed by atoms with van der Waals surface area (Å²) in [5.41, 5.74) is 1.46. The second-order valence-corrected chi connectivity index (χ2v) is 7.15. The number of hydrogen-bond acceptors (Lipinski definition) is 4. The highest BCUT2D eigenvalue weighted by molar-refractivity contribution is 7.17. The lowest BCUT2D eigenvalue weighted by Crippen LogP contribution is -2.20. The summed E-state index contributed by atoms with van der Waals surface area (Å²) in [6, 6.07) is 0. The number of thiophene rings is 1. The molecule has 0 spiro atoms. The van der Waals surface area contributed by atoms with Gasteiger partial charge in [0.25, 0.3) is 5.91 Å². The second-order valence-electron chi connectivity index (χ2n) is 4.95. The zero-order chi connectivity index (χ0) is 15.6. The molecule has 116 valence electrons. The summed E-state index contributed by atoms with van der Waals surface area (Å²) < 4.78 is 5.13. The monoisotopic (exact) mass is 349 g/mol. The maximum Gasteiger partial charge on any atom is 0.341 e. The van der Waals surface area contributed by atoms with E-state index < -0.39 is 16.7 Å². The van der Waals surface area contributed by atoms with E-state index in [1.807, 2.05) is 0 Å². The first kappa shape index (κ1) is 16.6. The lowest BCUT2D eigenvalue weighted by atomic mass is 9.86. The first-order valence-electron chi connectivity index (χ1n) is 6.87. The van der Waals surface area contributed by atoms with Crippen LogP contribution in [0.2, 0.25) is 0 Å². The molecule has 0 saturated carbocycles. The number of esters is 1. The van der Waals surface area contributed by atoms with Crippen LogP contribution in [-0.2, 0) is 16.0 Å². The summed E-state index contributed by atoms with van der Waals surface area (Å²) in [5.74, 6) is -0.660. The zero-order valence-corrected chi connectivity index (χ0v) is 14.2. The summed E-state index contributed by atoms with van der Waals surface area (Å²) in [6.07, 6.45) is 3.02. The number of anilines is 1. The smallest absolute Gasteiger partial charge is 0.341 e. The molecule has 2 rings (SSSR count). The van der Waals surface area contributed by atoms with Crippen molar-refractivity contribution in [2.45, 2.75) is 43.9 Å². The minimum Gasteiger partial charge on any atom is -0.462 e. The van der Waals surface area contributed by atoms with Crippen LogP contribution in [0.15, 0.2) is 0 Å². The summed E-state index contributed by atoms with van der Waals surface area (Å²) >= 11 is 12.6. The molecule has 0 bridgehead atoms. The van der Waals surface area contributed by atoms with E-state index in [2.05, 4.69) is 12.2 Å². The van der Waals surface area contributed by atoms with Gasteiger partial charge in [0.05, 0.1) is 12.2 Å². The molecule has 0 radical (unpaired) electrons. The van der Waals surface area contributed by atoms with Crippen molar-refractivity contribution in [2.75, 3.05) is 11.9 Å². The van der Waals surface area contributed by atoms with Crippen LogP contribution in [0.5, 0.6) is 0 Å². The molecule has 21 heavy (non-hydrogen) atoms. The third-order valence-electron chi connectivity index (χ3n) is 3.47. The Morgan fingerprint density at radius 2 is 2.19 bits per heavy atom. The van der Waals surface area contributed by atoms with Crippen molar-refractivity contribution >= 4 is 51.4 Å². The van der Waals surface area contributed by atoms with Gasteiger partial charge in [-0.1, -0.05) is 30.1 Å². The Hall–Kier alpha value is -0.780. The normalized spacial score (nSPS) is 17.5. The van der Waals surface area contributed by atoms with Gasteiger partial charge in [-0.3, -0.25) is 4.79 Å². The van der Waals surface area contributed by atoms with E-state index in [1.165, 1.54) is 11.3 Å². The molecule has 7 heteroatoms. The van der Waals surface area contributed by atoms with Crippen LogP contribution >= 0.6 is 34.5 Å². The van der Waals surface area contributed by atoms with Crippen LogP contribution in [0.25, 0.3) is 0 Å². The molecular weight excluding hydrogens is 333 g/mol. The van der Waals surface area contributed by atoms with Crippen molar-refractivity contribution in [1.82, 2.24) is 0 Å². The number of hydrogen-bond donors (Lipinski definition) is 1. The summed E-state index contributed by atoms with van der Waals surface area (Å²) in [6.45, 7) is 4.13. The van der Waals surface area contributed by atoms with Gasteiger partial charge in [0.15, 0.2) is 4.84 Å². The van der Waals surface area contributed by atoms with Gasteiger partial charge in [0.1, 0.15) is 5.00 Å². The van der Waals surface area contributed by atoms with E-state index in [0.717, 1.165) is 29.7 Å². The minimum atomic E-state index is -1.17. The molecule has 0 aromatic carbocycles. The molecule has 0 saturated heterocycles. The molecule has 0 fully saturated rings. The largest absolute Gasteiger partial charge is 0.462 e. The number of carbonyl (C=O) groups is 2. The highest BCUT2D eigenvalue weighted by atomic mass is 35.5. The Labute approximate surface area is 137 Å². The second kappa shape index (κ2) is 6.99. The van der Waals surface area contributed by atoms with E-state index in [9.17, 15) is 9.59 Å². The molecule has 4 nitrogen and oxygen atoms in total. The Balaban J connectivity index is 2.43. The fourth-order valence-corrected chi connectivity index (χ4v) is 4.03. The Morgan fingerprint density at radius 1 is 1.48 bits per heavy atom. The first-order chi connectivity index (χ1) is 9.95. The first-order valence-corrected chi connectivity index (χ1v) is 8.56. The van der Waals surface area contributed by atoms with Crippen molar-refractivity contribution in [3.8, 4) is 0 Å². The fourth-order valence-electron chi connectivity index (χ4n) is 2.57. The van der Waals surface area contributed by atoms with Crippen LogP contribution in [0.1, 0.15) is 53.4 Å². The molecule has 1 heterocycles. The van der Waals surface area contributed by atoms with Gasteiger partial charge in [-0.2, -0.15) is 0 Å². The van der Waals surface area contributed by atoms with Gasteiger partial charge < -0.3 is 10.1 Å². The van der Waals surface area contributed by atoms with Gasteiger partial charge in [0.2, 0.25) is 0 Å². The number of ether oxygens (including phenoxy) is 1. The molecule has 1 amide bonds. The van der Waals surface area contributed by atoms with Gasteiger partial charge in [-0.05, 0) is 37.7 Å². The SMILES string of the molecule is CCOC(=O)c1c(NC(=O)C(Cl)Cl)sc2c1C(C)CCC2. The van der Waals surface area contributed by atoms with Crippen LogP contribution in [0.3, 0.4) is 0 Å². The van der Waals surface area contributed by atoms with Gasteiger partial charge in [-0.25, -0.2) is 4.79 Å². The average Bonchev–Trinajstić information content (AvgIpc) is 2.78. The van der Waals surface area contributed by atoms with Crippen LogP contribution in [-0.4, -0.2) is 23.3 Å². The van der Waals surface area contributed by atoms with Crippen LogP contribution in [0, 0.1) is 0 Å². The van der Waals surface area contributed by atoms with Crippen molar-refractivity contribution in [1.29, 1.82) is 0 Å². The average molecular weight is 350 g/mol. The summed E-state index contributed by atoms with van der Waals surface area (Å²) in [4.78, 5) is 23.9. The van der Waals surface area contributed by atoms with Gasteiger partial charge in [0, 0.05) is 4.88 Å². The molecule has 1 atom stereocenters. The topological polar surface area (TPSA) is 55.4 Å². The summed E-state index contributed by atoms with van der Waals surface area (Å²) in [5, 5.41) is 3.13. The Bertz CT molecular complexity index is 557. The molecular formula is C14H17Cl2NO3S. The number of amides is 1. The molecule has 0 aliphatic heterocycles. The van der Waals surface area contributed by atoms with Crippen molar-refractivity contribution < 1.29 is 14.3 Å². The van der Waals surface area contributed by atoms with Gasteiger partial charge >= 0.3 is 5.97 Å². The minimum absolute atomic E-state index is 0.276. The van der Waals surface area contributed by atoms with E-state index in [0.29, 0.717) is 17.2 Å². The number of halogens is 2. The third kappa shape index (κ3) is 3.52. The predicted molar refractivity (Wildman–Crippen MR) is 85.8 cm³/mol. The lowest BCUT2D eigenvalue weighted by Gasteiger charge is -2.19. The van der Waals surface area contributed by atoms with E-state index in [-0.39, 0.29) is 5.92 Å². The fraction of sp³-hybridized carbons (Fsp3) is 0.571. The molecule has 1 aromatic heterocycles. The highest BCUT2D eigenvalue weighted by Gasteiger charge is 2.31. The van der Waals surface area contributed by atoms with Crippen molar-refractivity contribution in [3.05, 3.63) is 16.0 Å². The molecule has 1 aliphatic rings. The van der Waals surface area contributed by atoms with E-state index in [1.54, 1.807) is 6.92 Å². The number of nitrogens with one attached hydrogen (secondary N) is 1. The van der Waals surface area contributed by atoms with Gasteiger partial charge in [-0.15, -0.1) is 11.3 Å². The molecule has 1 N–H and O–H groups in total. The highest BCUT2D eigenvalue weighted by Crippen LogP contribution is 2.43. The number of alkyl halides is 2. The molecule has 1 aliphatic carbocycles. The molecule has 1 aromatic rings. The number of aryl methyl sites for hydroxylation is 1. The third-order valence-corrected chi connectivity index (χ3v) is 5.05. The number of fused-ring (bicyclic) bond motifs is 1. The number of rotatable bonds is 4. The maximum atomic E-state index is 12.3. The van der Waals surface area contributed by atoms with Crippen molar-refractivity contribution in [2.24, 2.45) is 0 Å². The maximum absolute atomic E-state index is 12.3. The van der Waals surface area contributed by atoms with Crippen LogP contribution in [0.4, 0.5) is 5.00 Å². The quantitative estimate of drug-likeness (QED) is 0.657. The standard InChI is InChI=1S/C14H17Cl2NO3S/c1-3-20-14(19)10-9-7(2)5-4-6-8(9)21-13(10)17-12(18)11(15)16/h7,11H,3-6H2,1-2H3,(H,17,18). The Morgan fingerprint density at radius 3 is 2.81 bits per heavy atom. The number of carbonyl (C=O) groups excluding carboxylic acids is 2. The zero-order valence-electron chi connectivity index (χ0n) is 11.9. The summed E-state index contributed by atoms with van der Waals surface area (Å²) in [7, 11) is 0. The van der Waals surface area contributed by atoms with E-state index in [4.69, 9.17) is 27.9 Å². The van der Waals surface area contributed by atoms with Crippen molar-refractivity contribution in [3.63, 3.8) is 0 Å². The Kier molecular flexibility index (Phi) is 5.52. The van der Waals surface area contributed by atoms with Crippen LogP contribution < -0.4 is 5.32 Å². The predicted octanol–water partition coefficient (Wildman–Crippen LogP) is 4.11. The van der Waals surface area contributed by atoms with E-state index >= 15 is 0 Å². The lowest BCUT2D eigenvalue weighted by molar-refractivity contribution is -0.114. The molecule has 1 unspecified atom stereocenters.